The third-order valence-corrected chi connectivity index (χ3v) is 6.53. The number of aliphatic hydroxyl groups excluding tert-OH is 1. The Bertz CT molecular complexity index is 946. The van der Waals surface area contributed by atoms with E-state index in [1.807, 2.05) is 0 Å². The fourth-order valence-electron chi connectivity index (χ4n) is 2.90. The summed E-state index contributed by atoms with van der Waals surface area (Å²) in [5.74, 6) is -2.63. The molecule has 1 saturated heterocycles. The van der Waals surface area contributed by atoms with Crippen molar-refractivity contribution in [3.05, 3.63) is 22.3 Å². The van der Waals surface area contributed by atoms with Crippen molar-refractivity contribution >= 4 is 51.7 Å². The number of nitrogens with two attached hydrogens (primary N) is 1. The van der Waals surface area contributed by atoms with Gasteiger partial charge in [0.15, 0.2) is 10.8 Å². The van der Waals surface area contributed by atoms with Crippen LogP contribution >= 0.6 is 23.1 Å². The molecular formula is C16H16N5NaO6S2. The number of aromatic nitrogens is 1. The molecule has 3 heterocycles. The van der Waals surface area contributed by atoms with Gasteiger partial charge in [0, 0.05) is 11.1 Å². The Morgan fingerprint density at radius 2 is 2.20 bits per heavy atom. The van der Waals surface area contributed by atoms with Gasteiger partial charge in [0.25, 0.3) is 11.8 Å². The maximum atomic E-state index is 12.8. The van der Waals surface area contributed by atoms with Crippen LogP contribution in [-0.2, 0) is 19.2 Å². The van der Waals surface area contributed by atoms with Crippen LogP contribution in [0.1, 0.15) is 18.5 Å². The average Bonchev–Trinajstić information content (AvgIpc) is 3.43. The predicted molar refractivity (Wildman–Crippen MR) is 101 cm³/mol. The number of carbonyl (C=O) groups is 3. The van der Waals surface area contributed by atoms with Crippen molar-refractivity contribution in [1.29, 1.82) is 0 Å². The van der Waals surface area contributed by atoms with Crippen LogP contribution in [0.4, 0.5) is 5.13 Å². The number of amides is 2. The number of nitrogens with zero attached hydrogens (tertiary/aromatic N) is 3. The van der Waals surface area contributed by atoms with Crippen molar-refractivity contribution in [1.82, 2.24) is 15.2 Å². The topological polar surface area (TPSA) is 170 Å². The molecule has 2 aliphatic heterocycles. The number of nitrogens with one attached hydrogen (secondary N) is 1. The number of aliphatic carboxylic acids is 1. The van der Waals surface area contributed by atoms with Crippen LogP contribution in [0.3, 0.4) is 0 Å². The summed E-state index contributed by atoms with van der Waals surface area (Å²) >= 11 is 2.37. The molecule has 154 valence electrons. The molecule has 1 aromatic heterocycles. The number of thiazole rings is 1. The fourth-order valence-corrected chi connectivity index (χ4v) is 4.79. The summed E-state index contributed by atoms with van der Waals surface area (Å²) in [5, 5.41) is 28.4. The first-order valence-electron chi connectivity index (χ1n) is 8.65. The number of β-lactam (4-membered cyclic amide) rings is 1. The molecule has 2 amide bonds. The summed E-state index contributed by atoms with van der Waals surface area (Å²) in [5.41, 5.74) is 5.60. The van der Waals surface area contributed by atoms with Gasteiger partial charge in [0.2, 0.25) is 0 Å². The van der Waals surface area contributed by atoms with Crippen molar-refractivity contribution in [2.45, 2.75) is 30.4 Å². The molecule has 0 unspecified atom stereocenters. The van der Waals surface area contributed by atoms with Crippen LogP contribution in [0.2, 0.25) is 0 Å². The van der Waals surface area contributed by atoms with E-state index >= 15 is 0 Å². The van der Waals surface area contributed by atoms with Gasteiger partial charge in [0.1, 0.15) is 23.2 Å². The number of carboxylic acid groups (broad SMARTS) is 1. The summed E-state index contributed by atoms with van der Waals surface area (Å²) < 4.78 is 0. The summed E-state index contributed by atoms with van der Waals surface area (Å²) in [6.45, 7) is -0.496. The molecule has 1 saturated carbocycles. The van der Waals surface area contributed by atoms with Gasteiger partial charge in [-0.3, -0.25) is 14.5 Å². The minimum absolute atomic E-state index is 0. The van der Waals surface area contributed by atoms with E-state index in [4.69, 9.17) is 10.6 Å². The normalized spacial score (nSPS) is 23.3. The Kier molecular flexibility index (Phi) is 7.09. The summed E-state index contributed by atoms with van der Waals surface area (Å²) in [7, 11) is 0. The zero-order valence-electron chi connectivity index (χ0n) is 15.9. The molecule has 0 aromatic carbocycles. The number of carbonyl (C=O) groups excluding carboxylic acids is 3. The number of rotatable bonds is 7. The third kappa shape index (κ3) is 4.36. The zero-order valence-corrected chi connectivity index (χ0v) is 19.5. The molecule has 30 heavy (non-hydrogen) atoms. The SMILES string of the molecule is Nc1nc(/C(=N\OC2CC2)C(=O)N[C@@H]2C(=O)N3C(C(=O)[O-])=C(CO)CS[C@H]23)cs1.[Na+]. The molecular weight excluding hydrogens is 445 g/mol. The van der Waals surface area contributed by atoms with Gasteiger partial charge in [0.05, 0.1) is 18.3 Å². The first-order valence-corrected chi connectivity index (χ1v) is 10.6. The van der Waals surface area contributed by atoms with Gasteiger partial charge < -0.3 is 30.9 Å². The number of nitrogen functional groups attached to an aromatic ring is 1. The van der Waals surface area contributed by atoms with Gasteiger partial charge in [-0.2, -0.15) is 0 Å². The molecule has 1 aliphatic carbocycles. The van der Waals surface area contributed by atoms with E-state index in [2.05, 4.69) is 15.5 Å². The minimum Gasteiger partial charge on any atom is -0.543 e. The summed E-state index contributed by atoms with van der Waals surface area (Å²) in [6.07, 6.45) is 1.65. The molecule has 3 aliphatic rings. The second-order valence-electron chi connectivity index (χ2n) is 6.57. The average molecular weight is 461 g/mol. The predicted octanol–water partition coefficient (Wildman–Crippen LogP) is -4.99. The summed E-state index contributed by atoms with van der Waals surface area (Å²) in [6, 6.07) is -0.954. The molecule has 4 rings (SSSR count). The zero-order chi connectivity index (χ0) is 20.7. The minimum atomic E-state index is -1.55. The smallest absolute Gasteiger partial charge is 0.543 e. The number of oxime groups is 1. The number of aliphatic hydroxyl groups is 1. The second-order valence-corrected chi connectivity index (χ2v) is 8.57. The van der Waals surface area contributed by atoms with Gasteiger partial charge in [-0.05, 0) is 18.4 Å². The number of thioether (sulfide) groups is 1. The van der Waals surface area contributed by atoms with Crippen molar-refractivity contribution in [2.24, 2.45) is 5.16 Å². The largest absolute Gasteiger partial charge is 1.00 e. The summed E-state index contributed by atoms with van der Waals surface area (Å²) in [4.78, 5) is 47.1. The van der Waals surface area contributed by atoms with E-state index in [1.165, 1.54) is 11.8 Å². The molecule has 0 bridgehead atoms. The maximum Gasteiger partial charge on any atom is 1.00 e. The number of hydrogen-bond acceptors (Lipinski definition) is 11. The maximum absolute atomic E-state index is 12.8. The van der Waals surface area contributed by atoms with Crippen LogP contribution < -0.4 is 45.7 Å². The third-order valence-electron chi connectivity index (χ3n) is 4.52. The van der Waals surface area contributed by atoms with Crippen molar-refractivity contribution in [2.75, 3.05) is 18.1 Å². The number of hydrogen-bond donors (Lipinski definition) is 3. The molecule has 14 heteroatoms. The van der Waals surface area contributed by atoms with Crippen molar-refractivity contribution in [3.63, 3.8) is 0 Å². The molecule has 0 spiro atoms. The second kappa shape index (κ2) is 9.24. The monoisotopic (exact) mass is 461 g/mol. The molecule has 4 N–H and O–H groups in total. The molecule has 2 atom stereocenters. The quantitative estimate of drug-likeness (QED) is 0.156. The fraction of sp³-hybridized carbons (Fsp3) is 0.438. The van der Waals surface area contributed by atoms with E-state index in [1.54, 1.807) is 5.38 Å². The van der Waals surface area contributed by atoms with E-state index < -0.39 is 35.8 Å². The standard InChI is InChI=1S/C16H17N5O6S2.Na/c17-16-18-8(5-29-16)9(20-27-7-1-2-7)12(23)19-10-13(24)21-11(15(25)26)6(3-22)4-28-14(10)21;/h5,7,10,14,22H,1-4H2,(H2,17,18)(H,19,23)(H,25,26);/q;+1/p-1/b20-9+;/t10-,14-;/m1./s1. The number of fused-ring (bicyclic) bond motifs is 1. The van der Waals surface area contributed by atoms with E-state index in [-0.39, 0.29) is 69.2 Å². The number of anilines is 1. The van der Waals surface area contributed by atoms with Crippen LogP contribution in [0.15, 0.2) is 21.8 Å². The van der Waals surface area contributed by atoms with Crippen LogP contribution in [0, 0.1) is 0 Å². The van der Waals surface area contributed by atoms with Crippen molar-refractivity contribution < 1.29 is 59.0 Å². The van der Waals surface area contributed by atoms with Crippen LogP contribution in [0.5, 0.6) is 0 Å². The van der Waals surface area contributed by atoms with Crippen LogP contribution in [-0.4, -0.2) is 68.4 Å². The Morgan fingerprint density at radius 3 is 2.77 bits per heavy atom. The van der Waals surface area contributed by atoms with Gasteiger partial charge >= 0.3 is 29.6 Å². The van der Waals surface area contributed by atoms with E-state index in [0.29, 0.717) is 0 Å². The molecule has 0 radical (unpaired) electrons. The Labute approximate surface area is 201 Å². The molecule has 11 nitrogen and oxygen atoms in total. The van der Waals surface area contributed by atoms with E-state index in [0.717, 1.165) is 29.1 Å². The van der Waals surface area contributed by atoms with E-state index in [9.17, 15) is 24.6 Å². The number of carboxylic acids is 1. The van der Waals surface area contributed by atoms with Gasteiger partial charge in [-0.15, -0.1) is 23.1 Å². The van der Waals surface area contributed by atoms with Crippen LogP contribution in [0.25, 0.3) is 0 Å². The van der Waals surface area contributed by atoms with Gasteiger partial charge in [-0.25, -0.2) is 4.98 Å². The van der Waals surface area contributed by atoms with Gasteiger partial charge in [-0.1, -0.05) is 5.16 Å². The first-order chi connectivity index (χ1) is 13.9. The Balaban J connectivity index is 0.00000256. The van der Waals surface area contributed by atoms with Crippen molar-refractivity contribution in [3.8, 4) is 0 Å². The Hall–Kier alpha value is -1.64. The first kappa shape index (κ1) is 23.0. The molecule has 2 fully saturated rings. The Morgan fingerprint density at radius 1 is 1.47 bits per heavy atom. The molecule has 1 aromatic rings.